The van der Waals surface area contributed by atoms with Gasteiger partial charge in [-0.2, -0.15) is 4.20 Å². The van der Waals surface area contributed by atoms with Crippen LogP contribution in [0.3, 0.4) is 0 Å². The van der Waals surface area contributed by atoms with Crippen LogP contribution in [0.1, 0.15) is 74.6 Å². The topological polar surface area (TPSA) is 220 Å². The summed E-state index contributed by atoms with van der Waals surface area (Å²) in [5, 5.41) is 2.85. The number of aryl methyl sites for hydroxylation is 1. The van der Waals surface area contributed by atoms with Crippen molar-refractivity contribution in [2.75, 3.05) is 47.0 Å². The molecule has 472 valence electrons. The van der Waals surface area contributed by atoms with Crippen LogP contribution in [0.2, 0.25) is 0 Å². The molecule has 0 bridgehead atoms. The summed E-state index contributed by atoms with van der Waals surface area (Å²) in [6, 6.07) is 57.9. The zero-order chi connectivity index (χ0) is 64.0. The standard InChI is InChI=1S/C69H65FN7O13PS/c1-44-39-76(67(80)75-65(44)78)60-37-56(89-69(47-19-13-8-14-20-47,50-25-33-54(83-4)34-26-50)51-27-35-55(84-5)36-28-51)59(88-60)41-86-91(70,92)90-57-38-61(77-43-73-62-63(71-42-72-64(62)77)74-66(79)45-15-9-6-10-16-45)87-58(57)40-85-68(46-17-11-7-12-18-46,48-21-29-52(81-2)30-22-48)49-23-31-53(82-3)32-24-49/h6-36,39,42-43,56-61H,37-38,40-41H2,1-5H3,(H,75,78,80)(H,71,72,74,79)/t56-,57-,58+,59+,60+,61+,91?/m0/s1. The Balaban J connectivity index is 0.907. The summed E-state index contributed by atoms with van der Waals surface area (Å²) >= 11 is 5.80. The summed E-state index contributed by atoms with van der Waals surface area (Å²) < 4.78 is 84.8. The number of nitrogens with zero attached hydrogens (tertiary/aromatic N) is 5. The van der Waals surface area contributed by atoms with Crippen molar-refractivity contribution in [3.8, 4) is 23.0 Å². The first-order valence-electron chi connectivity index (χ1n) is 29.5. The normalized spacial score (nSPS) is 18.9. The number of H-pyrrole nitrogens is 1. The predicted molar refractivity (Wildman–Crippen MR) is 344 cm³/mol. The minimum atomic E-state index is -4.89. The predicted octanol–water partition coefficient (Wildman–Crippen LogP) is 11.5. The van der Waals surface area contributed by atoms with Crippen LogP contribution in [0.4, 0.5) is 10.0 Å². The fraction of sp³-hybridized carbons (Fsp3) is 0.246. The molecule has 0 saturated carbocycles. The number of benzene rings is 7. The van der Waals surface area contributed by atoms with Crippen LogP contribution in [0.15, 0.2) is 216 Å². The Hall–Kier alpha value is -9.22. The van der Waals surface area contributed by atoms with Crippen molar-refractivity contribution in [2.24, 2.45) is 0 Å². The van der Waals surface area contributed by atoms with Gasteiger partial charge in [0.15, 0.2) is 17.0 Å². The smallest absolute Gasteiger partial charge is 0.366 e. The number of nitrogens with one attached hydrogen (secondary N) is 2. The summed E-state index contributed by atoms with van der Waals surface area (Å²) in [4.78, 5) is 55.9. The molecule has 2 aliphatic rings. The van der Waals surface area contributed by atoms with Crippen molar-refractivity contribution >= 4 is 41.5 Å². The van der Waals surface area contributed by atoms with Gasteiger partial charge in [-0.15, -0.1) is 0 Å². The third kappa shape index (κ3) is 12.9. The molecule has 0 aliphatic carbocycles. The van der Waals surface area contributed by atoms with Gasteiger partial charge in [-0.3, -0.25) is 28.2 Å². The van der Waals surface area contributed by atoms with E-state index in [9.17, 15) is 14.4 Å². The highest BCUT2D eigenvalue weighted by atomic mass is 32.5. The van der Waals surface area contributed by atoms with E-state index in [1.165, 1.54) is 23.4 Å². The average Bonchev–Trinajstić information content (AvgIpc) is 1.02. The van der Waals surface area contributed by atoms with E-state index in [0.29, 0.717) is 45.3 Å². The Bertz CT molecular complexity index is 4250. The van der Waals surface area contributed by atoms with Crippen molar-refractivity contribution in [2.45, 2.75) is 67.8 Å². The number of halogens is 1. The van der Waals surface area contributed by atoms with Crippen LogP contribution < -0.4 is 35.5 Å². The van der Waals surface area contributed by atoms with Crippen molar-refractivity contribution in [1.29, 1.82) is 0 Å². The van der Waals surface area contributed by atoms with Gasteiger partial charge in [0.2, 0.25) is 0 Å². The molecule has 10 aromatic rings. The molecule has 20 nitrogen and oxygen atoms in total. The van der Waals surface area contributed by atoms with E-state index < -0.39 is 78.6 Å². The number of hydrogen-bond acceptors (Lipinski definition) is 17. The van der Waals surface area contributed by atoms with Gasteiger partial charge in [-0.05, 0) is 113 Å². The highest BCUT2D eigenvalue weighted by Gasteiger charge is 2.49. The lowest BCUT2D eigenvalue weighted by molar-refractivity contribution is -0.100. The average molecular weight is 1280 g/mol. The molecular weight excluding hydrogens is 1220 g/mol. The van der Waals surface area contributed by atoms with E-state index in [-0.39, 0.29) is 36.3 Å². The molecule has 23 heteroatoms. The summed E-state index contributed by atoms with van der Waals surface area (Å²) in [6.45, 7) is -4.07. The Labute approximate surface area is 534 Å². The van der Waals surface area contributed by atoms with Gasteiger partial charge in [-0.1, -0.05) is 127 Å². The molecule has 3 aromatic heterocycles. The van der Waals surface area contributed by atoms with Crippen molar-refractivity contribution in [3.63, 3.8) is 0 Å². The van der Waals surface area contributed by atoms with Crippen molar-refractivity contribution in [1.82, 2.24) is 29.1 Å². The quantitative estimate of drug-likeness (QED) is 0.0424. The molecule has 2 aliphatic heterocycles. The zero-order valence-corrected chi connectivity index (χ0v) is 52.4. The lowest BCUT2D eigenvalue weighted by Crippen LogP contribution is -2.41. The Morgan fingerprint density at radius 3 is 1.59 bits per heavy atom. The number of fused-ring (bicyclic) bond motifs is 1. The molecule has 2 fully saturated rings. The maximum atomic E-state index is 18.1. The first-order chi connectivity index (χ1) is 44.7. The largest absolute Gasteiger partial charge is 0.497 e. The molecular formula is C69H65FN7O13PS. The van der Waals surface area contributed by atoms with E-state index in [2.05, 4.69) is 25.3 Å². The first-order valence-corrected chi connectivity index (χ1v) is 32.1. The highest BCUT2D eigenvalue weighted by molar-refractivity contribution is 8.07. The first kappa shape index (κ1) is 63.0. The minimum absolute atomic E-state index is 0.0134. The molecule has 2 saturated heterocycles. The molecule has 1 amide bonds. The van der Waals surface area contributed by atoms with Crippen LogP contribution >= 0.6 is 6.80 Å². The molecule has 7 aromatic carbocycles. The molecule has 2 N–H and O–H groups in total. The Kier molecular flexibility index (Phi) is 18.7. The Morgan fingerprint density at radius 2 is 1.07 bits per heavy atom. The molecule has 0 spiro atoms. The third-order valence-corrected chi connectivity index (χ3v) is 18.1. The zero-order valence-electron chi connectivity index (χ0n) is 50.7. The number of amides is 1. The SMILES string of the molecule is COc1ccc(C(OC[C@H]2O[C@@H](n3cnc4c(NC(=O)c5ccccc5)ncnc43)C[C@@H]2OP(F)(=S)OC[C@H]2O[C@@H](n3cc(C)c(=O)[nH]c3=O)C[C@@H]2OC(c2ccccc2)(c2ccc(OC)cc2)c2ccc(OC)cc2)(c2ccccc2)c2ccc(OC)cc2)cc1. The summed E-state index contributed by atoms with van der Waals surface area (Å²) in [6.07, 6.45) is -2.16. The van der Waals surface area contributed by atoms with Gasteiger partial charge in [0.05, 0.1) is 54.1 Å². The molecule has 5 heterocycles. The van der Waals surface area contributed by atoms with E-state index in [1.807, 2.05) is 164 Å². The second kappa shape index (κ2) is 27.3. The monoisotopic (exact) mass is 1280 g/mol. The number of methoxy groups -OCH3 is 4. The number of rotatable bonds is 24. The second-order valence-electron chi connectivity index (χ2n) is 21.9. The number of aromatic nitrogens is 6. The number of hydrogen-bond donors (Lipinski definition) is 2. The summed E-state index contributed by atoms with van der Waals surface area (Å²) in [5.74, 6) is 2.19. The van der Waals surface area contributed by atoms with Gasteiger partial charge in [0, 0.05) is 30.2 Å². The fourth-order valence-corrected chi connectivity index (χ4v) is 13.3. The maximum absolute atomic E-state index is 18.1. The van der Waals surface area contributed by atoms with E-state index >= 15 is 4.20 Å². The number of carbonyl (C=O) groups is 1. The number of imidazole rings is 1. The fourth-order valence-electron chi connectivity index (χ4n) is 11.9. The van der Waals surface area contributed by atoms with Gasteiger partial charge >= 0.3 is 12.5 Å². The Morgan fingerprint density at radius 1 is 0.609 bits per heavy atom. The highest BCUT2D eigenvalue weighted by Crippen LogP contribution is 2.56. The molecule has 12 rings (SSSR count). The van der Waals surface area contributed by atoms with E-state index in [4.69, 9.17) is 58.7 Å². The summed E-state index contributed by atoms with van der Waals surface area (Å²) in [7, 11) is 6.34. The van der Waals surface area contributed by atoms with Gasteiger partial charge < -0.3 is 47.7 Å². The second-order valence-corrected chi connectivity index (χ2v) is 24.6. The van der Waals surface area contributed by atoms with Crippen molar-refractivity contribution < 1.29 is 55.9 Å². The summed E-state index contributed by atoms with van der Waals surface area (Å²) in [5.41, 5.74) is 1.49. The third-order valence-electron chi connectivity index (χ3n) is 16.5. The lowest BCUT2D eigenvalue weighted by atomic mass is 9.79. The van der Waals surface area contributed by atoms with Crippen LogP contribution in [-0.2, 0) is 51.0 Å². The maximum Gasteiger partial charge on any atom is 0.366 e. The van der Waals surface area contributed by atoms with Crippen molar-refractivity contribution in [3.05, 3.63) is 272 Å². The van der Waals surface area contributed by atoms with Gasteiger partial charge in [0.1, 0.15) is 71.3 Å². The number of anilines is 1. The lowest BCUT2D eigenvalue weighted by Gasteiger charge is -2.39. The number of ether oxygens (including phenoxy) is 8. The van der Waals surface area contributed by atoms with Crippen LogP contribution in [0, 0.1) is 6.92 Å². The molecule has 1 unspecified atom stereocenters. The van der Waals surface area contributed by atoms with E-state index in [0.717, 1.165) is 22.3 Å². The molecule has 92 heavy (non-hydrogen) atoms. The number of carbonyl (C=O) groups excluding carboxylic acids is 1. The van der Waals surface area contributed by atoms with E-state index in [1.54, 1.807) is 64.2 Å². The van der Waals surface area contributed by atoms with Crippen LogP contribution in [-0.4, -0.2) is 101 Å². The van der Waals surface area contributed by atoms with Crippen LogP contribution in [0.25, 0.3) is 11.2 Å². The molecule has 0 radical (unpaired) electrons. The number of aromatic amines is 1. The van der Waals surface area contributed by atoms with Gasteiger partial charge in [-0.25, -0.2) is 19.7 Å². The van der Waals surface area contributed by atoms with Gasteiger partial charge in [0.25, 0.3) is 11.5 Å². The molecule has 7 atom stereocenters. The minimum Gasteiger partial charge on any atom is -0.497 e. The van der Waals surface area contributed by atoms with Crippen LogP contribution in [0.5, 0.6) is 23.0 Å².